The van der Waals surface area contributed by atoms with Gasteiger partial charge in [0.2, 0.25) is 0 Å². The van der Waals surface area contributed by atoms with Crippen molar-refractivity contribution in [3.05, 3.63) is 64.2 Å². The van der Waals surface area contributed by atoms with Crippen LogP contribution >= 0.6 is 15.9 Å². The minimum atomic E-state index is -0.374. The van der Waals surface area contributed by atoms with E-state index in [0.717, 1.165) is 0 Å². The SMILES string of the molecule is O=[N+]([O-])c1ccccc1CC(Br)c1ncccn1. The van der Waals surface area contributed by atoms with Gasteiger partial charge in [-0.05, 0) is 12.5 Å². The lowest BCUT2D eigenvalue weighted by Gasteiger charge is -2.08. The molecular formula is C12H10BrN3O2. The van der Waals surface area contributed by atoms with Gasteiger partial charge in [0, 0.05) is 24.0 Å². The van der Waals surface area contributed by atoms with Gasteiger partial charge in [-0.1, -0.05) is 34.1 Å². The van der Waals surface area contributed by atoms with E-state index in [1.807, 2.05) is 0 Å². The highest BCUT2D eigenvalue weighted by Crippen LogP contribution is 2.28. The molecule has 0 radical (unpaired) electrons. The molecule has 0 saturated carbocycles. The minimum absolute atomic E-state index is 0.123. The first-order chi connectivity index (χ1) is 8.68. The molecule has 0 aliphatic rings. The van der Waals surface area contributed by atoms with Crippen LogP contribution in [0.3, 0.4) is 0 Å². The van der Waals surface area contributed by atoms with Crippen molar-refractivity contribution in [2.75, 3.05) is 0 Å². The standard InChI is InChI=1S/C12H10BrN3O2/c13-10(12-14-6-3-7-15-12)8-9-4-1-2-5-11(9)16(17)18/h1-7,10H,8H2. The summed E-state index contributed by atoms with van der Waals surface area (Å²) in [7, 11) is 0. The lowest BCUT2D eigenvalue weighted by molar-refractivity contribution is -0.385. The van der Waals surface area contributed by atoms with E-state index >= 15 is 0 Å². The molecule has 0 fully saturated rings. The molecule has 6 heteroatoms. The Morgan fingerprint density at radius 3 is 2.56 bits per heavy atom. The van der Waals surface area contributed by atoms with E-state index in [2.05, 4.69) is 25.9 Å². The summed E-state index contributed by atoms with van der Waals surface area (Å²) in [5, 5.41) is 10.9. The molecule has 0 spiro atoms. The zero-order valence-corrected chi connectivity index (χ0v) is 10.9. The first-order valence-electron chi connectivity index (χ1n) is 5.32. The Labute approximate surface area is 112 Å². The van der Waals surface area contributed by atoms with E-state index in [-0.39, 0.29) is 15.4 Å². The molecule has 1 heterocycles. The smallest absolute Gasteiger partial charge is 0.258 e. The number of nitro groups is 1. The van der Waals surface area contributed by atoms with Crippen LogP contribution < -0.4 is 0 Å². The minimum Gasteiger partial charge on any atom is -0.258 e. The fourth-order valence-electron chi connectivity index (χ4n) is 1.62. The fraction of sp³-hybridized carbons (Fsp3) is 0.167. The number of alkyl halides is 1. The van der Waals surface area contributed by atoms with Crippen molar-refractivity contribution >= 4 is 21.6 Å². The summed E-state index contributed by atoms with van der Waals surface area (Å²) in [6.45, 7) is 0. The van der Waals surface area contributed by atoms with E-state index in [1.165, 1.54) is 6.07 Å². The molecule has 92 valence electrons. The van der Waals surface area contributed by atoms with Gasteiger partial charge in [-0.3, -0.25) is 10.1 Å². The Balaban J connectivity index is 2.22. The summed E-state index contributed by atoms with van der Waals surface area (Å²) in [5.41, 5.74) is 0.787. The number of rotatable bonds is 4. The van der Waals surface area contributed by atoms with E-state index in [0.29, 0.717) is 17.8 Å². The van der Waals surface area contributed by atoms with Crippen LogP contribution in [-0.2, 0) is 6.42 Å². The Morgan fingerprint density at radius 1 is 1.22 bits per heavy atom. The number of para-hydroxylation sites is 1. The lowest BCUT2D eigenvalue weighted by Crippen LogP contribution is -2.03. The number of aromatic nitrogens is 2. The van der Waals surface area contributed by atoms with Gasteiger partial charge in [-0.15, -0.1) is 0 Å². The van der Waals surface area contributed by atoms with Gasteiger partial charge in [0.1, 0.15) is 5.82 Å². The molecule has 1 aromatic heterocycles. The third-order valence-electron chi connectivity index (χ3n) is 2.45. The summed E-state index contributed by atoms with van der Waals surface area (Å²) in [6.07, 6.45) is 3.77. The molecule has 0 N–H and O–H groups in total. The number of nitro benzene ring substituents is 1. The monoisotopic (exact) mass is 307 g/mol. The van der Waals surface area contributed by atoms with Gasteiger partial charge < -0.3 is 0 Å². The zero-order chi connectivity index (χ0) is 13.0. The number of halogens is 1. The van der Waals surface area contributed by atoms with Crippen LogP contribution in [0, 0.1) is 10.1 Å². The molecule has 2 aromatic rings. The topological polar surface area (TPSA) is 68.9 Å². The summed E-state index contributed by atoms with van der Waals surface area (Å²) < 4.78 is 0. The maximum Gasteiger partial charge on any atom is 0.272 e. The van der Waals surface area contributed by atoms with Crippen LogP contribution in [0.1, 0.15) is 16.2 Å². The Kier molecular flexibility index (Phi) is 3.99. The normalized spacial score (nSPS) is 12.1. The third-order valence-corrected chi connectivity index (χ3v) is 3.19. The first kappa shape index (κ1) is 12.6. The molecule has 0 bridgehead atoms. The molecule has 18 heavy (non-hydrogen) atoms. The number of hydrogen-bond donors (Lipinski definition) is 0. The number of nitrogens with zero attached hydrogens (tertiary/aromatic N) is 3. The van der Waals surface area contributed by atoms with E-state index in [1.54, 1.807) is 36.7 Å². The van der Waals surface area contributed by atoms with Crippen LogP contribution in [0.5, 0.6) is 0 Å². The summed E-state index contributed by atoms with van der Waals surface area (Å²) in [5.74, 6) is 0.621. The lowest BCUT2D eigenvalue weighted by atomic mass is 10.1. The molecule has 1 atom stereocenters. The third kappa shape index (κ3) is 2.89. The van der Waals surface area contributed by atoms with Gasteiger partial charge in [-0.25, -0.2) is 9.97 Å². The van der Waals surface area contributed by atoms with E-state index < -0.39 is 0 Å². The van der Waals surface area contributed by atoms with Crippen LogP contribution in [0.2, 0.25) is 0 Å². The molecule has 1 aromatic carbocycles. The average molecular weight is 308 g/mol. The predicted octanol–water partition coefficient (Wildman–Crippen LogP) is 3.06. The van der Waals surface area contributed by atoms with Crippen LogP contribution in [0.4, 0.5) is 5.69 Å². The molecule has 2 rings (SSSR count). The molecule has 5 nitrogen and oxygen atoms in total. The van der Waals surface area contributed by atoms with Crippen molar-refractivity contribution < 1.29 is 4.92 Å². The first-order valence-corrected chi connectivity index (χ1v) is 6.23. The van der Waals surface area contributed by atoms with E-state index in [4.69, 9.17) is 0 Å². The van der Waals surface area contributed by atoms with Gasteiger partial charge in [0.15, 0.2) is 0 Å². The molecular weight excluding hydrogens is 298 g/mol. The van der Waals surface area contributed by atoms with Gasteiger partial charge in [0.05, 0.1) is 9.75 Å². The Hall–Kier alpha value is -1.82. The van der Waals surface area contributed by atoms with Crippen LogP contribution in [0.15, 0.2) is 42.7 Å². The molecule has 0 aliphatic carbocycles. The molecule has 0 saturated heterocycles. The molecule has 1 unspecified atom stereocenters. The summed E-state index contributed by atoms with van der Waals surface area (Å²) in [6, 6.07) is 8.42. The van der Waals surface area contributed by atoms with Crippen molar-refractivity contribution in [2.24, 2.45) is 0 Å². The fourth-order valence-corrected chi connectivity index (χ4v) is 2.20. The van der Waals surface area contributed by atoms with Crippen LogP contribution in [0.25, 0.3) is 0 Å². The average Bonchev–Trinajstić information content (AvgIpc) is 2.40. The zero-order valence-electron chi connectivity index (χ0n) is 9.36. The second-order valence-electron chi connectivity index (χ2n) is 3.66. The maximum absolute atomic E-state index is 10.9. The maximum atomic E-state index is 10.9. The van der Waals surface area contributed by atoms with Gasteiger partial charge in [-0.2, -0.15) is 0 Å². The highest BCUT2D eigenvalue weighted by Gasteiger charge is 2.18. The summed E-state index contributed by atoms with van der Waals surface area (Å²) in [4.78, 5) is 18.6. The second kappa shape index (κ2) is 5.68. The predicted molar refractivity (Wildman–Crippen MR) is 70.5 cm³/mol. The van der Waals surface area contributed by atoms with Crippen molar-refractivity contribution in [1.29, 1.82) is 0 Å². The van der Waals surface area contributed by atoms with Gasteiger partial charge >= 0.3 is 0 Å². The quantitative estimate of drug-likeness (QED) is 0.494. The Bertz CT molecular complexity index is 548. The second-order valence-corrected chi connectivity index (χ2v) is 4.77. The largest absolute Gasteiger partial charge is 0.272 e. The molecule has 0 aliphatic heterocycles. The van der Waals surface area contributed by atoms with E-state index in [9.17, 15) is 10.1 Å². The number of benzene rings is 1. The Morgan fingerprint density at radius 2 is 1.89 bits per heavy atom. The van der Waals surface area contributed by atoms with Crippen LogP contribution in [-0.4, -0.2) is 14.9 Å². The van der Waals surface area contributed by atoms with Gasteiger partial charge in [0.25, 0.3) is 5.69 Å². The number of hydrogen-bond acceptors (Lipinski definition) is 4. The molecule has 0 amide bonds. The van der Waals surface area contributed by atoms with Crippen molar-refractivity contribution in [1.82, 2.24) is 9.97 Å². The van der Waals surface area contributed by atoms with Crippen molar-refractivity contribution in [3.63, 3.8) is 0 Å². The highest BCUT2D eigenvalue weighted by atomic mass is 79.9. The van der Waals surface area contributed by atoms with Crippen molar-refractivity contribution in [2.45, 2.75) is 11.2 Å². The highest BCUT2D eigenvalue weighted by molar-refractivity contribution is 9.09. The van der Waals surface area contributed by atoms with Crippen molar-refractivity contribution in [3.8, 4) is 0 Å². The summed E-state index contributed by atoms with van der Waals surface area (Å²) >= 11 is 3.46.